The lowest BCUT2D eigenvalue weighted by Crippen LogP contribution is -2.49. The van der Waals surface area contributed by atoms with Gasteiger partial charge in [-0.1, -0.05) is 36.7 Å². The van der Waals surface area contributed by atoms with E-state index in [4.69, 9.17) is 21.1 Å². The van der Waals surface area contributed by atoms with E-state index >= 15 is 0 Å². The van der Waals surface area contributed by atoms with Crippen molar-refractivity contribution in [1.29, 1.82) is 0 Å². The van der Waals surface area contributed by atoms with Crippen molar-refractivity contribution in [1.82, 2.24) is 19.7 Å². The number of hydrogen-bond acceptors (Lipinski definition) is 7. The number of rotatable bonds is 3. The molecule has 7 atom stereocenters. The van der Waals surface area contributed by atoms with Crippen LogP contribution >= 0.6 is 11.6 Å². The van der Waals surface area contributed by atoms with Crippen molar-refractivity contribution in [3.8, 4) is 17.0 Å². The molecule has 2 bridgehead atoms. The molecule has 5 heterocycles. The molecule has 1 saturated carbocycles. The smallest absolute Gasteiger partial charge is 0.285 e. The summed E-state index contributed by atoms with van der Waals surface area (Å²) in [5.74, 6) is 0.173. The Labute approximate surface area is 334 Å². The molecule has 2 aliphatic carbocycles. The summed E-state index contributed by atoms with van der Waals surface area (Å²) in [6.07, 6.45) is 14.2. The number of fused-ring (bicyclic) bond motifs is 7. The highest BCUT2D eigenvalue weighted by Gasteiger charge is 2.44. The summed E-state index contributed by atoms with van der Waals surface area (Å²) in [4.78, 5) is 30.3. The van der Waals surface area contributed by atoms with Gasteiger partial charge < -0.3 is 24.3 Å². The van der Waals surface area contributed by atoms with Crippen molar-refractivity contribution in [3.63, 3.8) is 0 Å². The van der Waals surface area contributed by atoms with Crippen molar-refractivity contribution in [2.24, 2.45) is 29.2 Å². The number of thiol groups is 1. The Bertz CT molecular complexity index is 2330. The van der Waals surface area contributed by atoms with Crippen molar-refractivity contribution in [3.05, 3.63) is 100.0 Å². The van der Waals surface area contributed by atoms with Crippen LogP contribution in [0.15, 0.2) is 71.4 Å². The minimum Gasteiger partial charge on any atom is -0.490 e. The summed E-state index contributed by atoms with van der Waals surface area (Å²) in [6.45, 7) is 4.70. The van der Waals surface area contributed by atoms with Gasteiger partial charge in [-0.05, 0) is 104 Å². The topological polar surface area (TPSA) is 120 Å². The monoisotopic (exact) mass is 796 g/mol. The molecule has 294 valence electrons. The first-order chi connectivity index (χ1) is 27.1. The van der Waals surface area contributed by atoms with Crippen molar-refractivity contribution < 1.29 is 23.3 Å². The maximum absolute atomic E-state index is 14.2. The minimum absolute atomic E-state index is 0.0903. The predicted molar refractivity (Wildman–Crippen MR) is 218 cm³/mol. The number of anilines is 1. The molecule has 0 saturated heterocycles. The number of aromatic nitrogens is 3. The lowest BCUT2D eigenvalue weighted by molar-refractivity contribution is 0.0131. The van der Waals surface area contributed by atoms with E-state index in [-0.39, 0.29) is 23.3 Å². The first kappa shape index (κ1) is 37.2. The van der Waals surface area contributed by atoms with E-state index in [1.807, 2.05) is 55.3 Å². The second-order valence-electron chi connectivity index (χ2n) is 16.4. The lowest BCUT2D eigenvalue weighted by atomic mass is 9.68. The van der Waals surface area contributed by atoms with Crippen LogP contribution in [0.25, 0.3) is 11.3 Å². The number of carbonyl (C=O) groups excluding carboxylic acids is 2. The Balaban J connectivity index is 1.06. The average Bonchev–Trinajstić information content (AvgIpc) is 3.75. The normalized spacial score (nSPS) is 29.3. The number of amides is 2. The molecule has 13 heteroatoms. The lowest BCUT2D eigenvalue weighted by Gasteiger charge is -2.46. The second-order valence-corrected chi connectivity index (χ2v) is 18.2. The summed E-state index contributed by atoms with van der Waals surface area (Å²) in [5, 5.41) is 7.32. The molecule has 2 amide bonds. The van der Waals surface area contributed by atoms with Gasteiger partial charge in [0.2, 0.25) is 0 Å². The van der Waals surface area contributed by atoms with E-state index in [0.29, 0.717) is 36.0 Å². The molecule has 56 heavy (non-hydrogen) atoms. The number of nitrogens with one attached hydrogen (secondary N) is 1. The quantitative estimate of drug-likeness (QED) is 0.174. The first-order valence-corrected chi connectivity index (χ1v) is 21.5. The Hall–Kier alpha value is -4.39. The third-order valence-corrected chi connectivity index (χ3v) is 14.8. The molecule has 3 aliphatic heterocycles. The van der Waals surface area contributed by atoms with Crippen molar-refractivity contribution in [2.45, 2.75) is 75.3 Å². The van der Waals surface area contributed by atoms with Gasteiger partial charge in [0.1, 0.15) is 11.1 Å². The Morgan fingerprint density at radius 2 is 2.02 bits per heavy atom. The molecule has 5 aliphatic rings. The molecule has 0 radical (unpaired) electrons. The number of nitrogens with zero attached hydrogens (tertiary/aromatic N) is 5. The molecule has 1 spiro atoms. The zero-order valence-electron chi connectivity index (χ0n) is 32.1. The third kappa shape index (κ3) is 6.67. The van der Waals surface area contributed by atoms with Gasteiger partial charge in [0.25, 0.3) is 11.8 Å². The van der Waals surface area contributed by atoms with Crippen molar-refractivity contribution >= 4 is 39.7 Å². The number of allylic oxidation sites excluding steroid dienone is 1. The fraction of sp³-hybridized carbons (Fsp3) is 0.465. The van der Waals surface area contributed by atoms with Crippen LogP contribution in [-0.2, 0) is 47.2 Å². The van der Waals surface area contributed by atoms with E-state index in [1.165, 1.54) is 11.1 Å². The van der Waals surface area contributed by atoms with Gasteiger partial charge in [-0.25, -0.2) is 0 Å². The average molecular weight is 797 g/mol. The Kier molecular flexibility index (Phi) is 9.86. The Morgan fingerprint density at radius 3 is 2.84 bits per heavy atom. The van der Waals surface area contributed by atoms with E-state index in [1.54, 1.807) is 13.2 Å². The van der Waals surface area contributed by atoms with Gasteiger partial charge in [0, 0.05) is 73.7 Å². The molecule has 4 aromatic rings. The molecule has 11 nitrogen and oxygen atoms in total. The number of carbonyl (C=O) groups is 2. The van der Waals surface area contributed by atoms with Crippen LogP contribution in [0.3, 0.4) is 0 Å². The van der Waals surface area contributed by atoms with Gasteiger partial charge in [-0.15, -0.1) is 0 Å². The first-order valence-electron chi connectivity index (χ1n) is 19.9. The second kappa shape index (κ2) is 14.8. The van der Waals surface area contributed by atoms with Crippen LogP contribution in [0.1, 0.15) is 76.6 Å². The van der Waals surface area contributed by atoms with Gasteiger partial charge in [0.05, 0.1) is 46.4 Å². The van der Waals surface area contributed by atoms with Crippen molar-refractivity contribution in [2.75, 3.05) is 31.7 Å². The van der Waals surface area contributed by atoms with Gasteiger partial charge in [-0.3, -0.25) is 18.5 Å². The van der Waals surface area contributed by atoms with Crippen LogP contribution in [0.2, 0.25) is 5.02 Å². The molecule has 2 aromatic heterocycles. The highest BCUT2D eigenvalue weighted by Crippen LogP contribution is 2.47. The van der Waals surface area contributed by atoms with Gasteiger partial charge in [0.15, 0.2) is 0 Å². The van der Waals surface area contributed by atoms with Crippen LogP contribution in [0.5, 0.6) is 5.75 Å². The number of ether oxygens (including phenoxy) is 2. The molecule has 1 fully saturated rings. The maximum atomic E-state index is 14.2. The number of hydrogen-bond donors (Lipinski definition) is 2. The van der Waals surface area contributed by atoms with Crippen LogP contribution in [-0.4, -0.2) is 68.7 Å². The SMILES string of the molecule is CO[C@H]1/C=C/C[C@H](C)C(NC(=O)c2cc3n(c2)CCc2c-3cnn2C)/[SH](=O)=N\C(=O)c2ccc3c(c2)N(C[C@@H]2CC[C@H]21)C[C@@]1(CCCc2cc(Cl)ccc21)CO3. The molecule has 2 aromatic carbocycles. The fourth-order valence-electron chi connectivity index (χ4n) is 9.82. The zero-order chi connectivity index (χ0) is 38.7. The van der Waals surface area contributed by atoms with Crippen LogP contribution < -0.4 is 15.0 Å². The minimum atomic E-state index is -2.56. The summed E-state index contributed by atoms with van der Waals surface area (Å²) < 4.78 is 35.2. The molecule has 9 rings (SSSR count). The largest absolute Gasteiger partial charge is 0.490 e. The highest BCUT2D eigenvalue weighted by molar-refractivity contribution is 7.76. The molecular weight excluding hydrogens is 748 g/mol. The fourth-order valence-corrected chi connectivity index (χ4v) is 11.2. The predicted octanol–water partition coefficient (Wildman–Crippen LogP) is 6.77. The van der Waals surface area contributed by atoms with E-state index in [0.717, 1.165) is 91.6 Å². The highest BCUT2D eigenvalue weighted by atomic mass is 35.5. The molecule has 1 N–H and O–H groups in total. The number of halogens is 1. The Morgan fingerprint density at radius 1 is 1.14 bits per heavy atom. The number of aryl methyl sites for hydroxylation is 3. The summed E-state index contributed by atoms with van der Waals surface area (Å²) in [5.41, 5.74) is 6.99. The van der Waals surface area contributed by atoms with Crippen LogP contribution in [0.4, 0.5) is 5.69 Å². The summed E-state index contributed by atoms with van der Waals surface area (Å²) in [7, 11) is 1.14. The number of methoxy groups -OCH3 is 1. The maximum Gasteiger partial charge on any atom is 0.285 e. The summed E-state index contributed by atoms with van der Waals surface area (Å²) in [6, 6.07) is 13.5. The van der Waals surface area contributed by atoms with Crippen LogP contribution in [0, 0.1) is 17.8 Å². The standard InChI is InChI=1S/C43H49ClN6O5S/c1-26-6-4-8-38(54-3)32-12-9-29(32)22-50-24-43(16-5-7-27-18-31(44)11-13-34(27)43)25-55-39-14-10-28(19-37(39)50)41(52)47-56(53)42(26)46-40(51)30-20-36-33-21-45-48(2)35(33)15-17-49(36)23-30/h4,8,10-11,13-14,18-21,23,26,29,32,38,42,56H,5-7,9,12,15-17,22,24-25H2,1-3H3,(H,46,51)/b8-4+/t26-,29-,32+,38-,42?,43-/m0/s1. The van der Waals surface area contributed by atoms with Gasteiger partial charge >= 0.3 is 0 Å². The summed E-state index contributed by atoms with van der Waals surface area (Å²) >= 11 is 6.48. The van der Waals surface area contributed by atoms with E-state index in [9.17, 15) is 13.8 Å². The number of benzene rings is 2. The van der Waals surface area contributed by atoms with Gasteiger partial charge in [-0.2, -0.15) is 9.46 Å². The van der Waals surface area contributed by atoms with E-state index in [2.05, 4.69) is 48.5 Å². The zero-order valence-corrected chi connectivity index (χ0v) is 33.8. The third-order valence-electron chi connectivity index (χ3n) is 13.1. The molecular formula is C43H49ClN6O5S. The molecule has 2 unspecified atom stereocenters. The van der Waals surface area contributed by atoms with E-state index < -0.39 is 21.9 Å².